The zero-order chi connectivity index (χ0) is 13.1. The summed E-state index contributed by atoms with van der Waals surface area (Å²) in [7, 11) is 1.66. The van der Waals surface area contributed by atoms with Crippen molar-refractivity contribution in [3.05, 3.63) is 49.0 Å². The summed E-state index contributed by atoms with van der Waals surface area (Å²) in [5.41, 5.74) is 3.85. The molecule has 1 atom stereocenters. The van der Waals surface area contributed by atoms with Gasteiger partial charge in [0.2, 0.25) is 0 Å². The van der Waals surface area contributed by atoms with Gasteiger partial charge in [0, 0.05) is 19.4 Å². The Labute approximate surface area is 127 Å². The number of hydrogen-bond acceptors (Lipinski definition) is 4. The van der Waals surface area contributed by atoms with Gasteiger partial charge in [0.25, 0.3) is 0 Å². The van der Waals surface area contributed by atoms with Gasteiger partial charge in [-0.2, -0.15) is 0 Å². The number of methoxy groups -OCH3 is 1. The van der Waals surface area contributed by atoms with Crippen molar-refractivity contribution in [1.29, 1.82) is 0 Å². The molecule has 18 heavy (non-hydrogen) atoms. The van der Waals surface area contributed by atoms with Crippen LogP contribution in [-0.4, -0.2) is 7.11 Å². The lowest BCUT2D eigenvalue weighted by Crippen LogP contribution is -2.28. The van der Waals surface area contributed by atoms with Gasteiger partial charge in [-0.05, 0) is 39.5 Å². The van der Waals surface area contributed by atoms with Gasteiger partial charge >= 0.3 is 0 Å². The summed E-state index contributed by atoms with van der Waals surface area (Å²) in [4.78, 5) is 1.12. The average molecular weight is 392 g/mol. The third-order valence-corrected chi connectivity index (χ3v) is 5.01. The molecule has 0 radical (unpaired) electrons. The third kappa shape index (κ3) is 2.78. The molecule has 1 aromatic heterocycles. The van der Waals surface area contributed by atoms with Crippen molar-refractivity contribution in [2.75, 3.05) is 7.11 Å². The first-order valence-corrected chi connectivity index (χ1v) is 7.66. The fourth-order valence-electron chi connectivity index (χ4n) is 1.74. The molecule has 0 spiro atoms. The van der Waals surface area contributed by atoms with Gasteiger partial charge in [-0.1, -0.05) is 22.0 Å². The van der Waals surface area contributed by atoms with E-state index in [0.29, 0.717) is 0 Å². The zero-order valence-corrected chi connectivity index (χ0v) is 13.6. The van der Waals surface area contributed by atoms with Crippen molar-refractivity contribution in [2.45, 2.75) is 6.04 Å². The highest BCUT2D eigenvalue weighted by Crippen LogP contribution is 2.37. The van der Waals surface area contributed by atoms with E-state index in [0.717, 1.165) is 25.1 Å². The standard InChI is InChI=1S/C12H12Br2N2OS/c1-17-10-6-7(13)2-3-8(10)11(16-15)12-9(14)4-5-18-12/h2-6,11,16H,15H2,1H3. The van der Waals surface area contributed by atoms with Gasteiger partial charge in [-0.15, -0.1) is 11.3 Å². The molecule has 1 unspecified atom stereocenters. The summed E-state index contributed by atoms with van der Waals surface area (Å²) in [6.45, 7) is 0. The first-order chi connectivity index (χ1) is 8.67. The van der Waals surface area contributed by atoms with Gasteiger partial charge in [0.1, 0.15) is 5.75 Å². The van der Waals surface area contributed by atoms with E-state index in [2.05, 4.69) is 37.3 Å². The highest BCUT2D eigenvalue weighted by Gasteiger charge is 2.20. The number of benzene rings is 1. The fraction of sp³-hybridized carbons (Fsp3) is 0.167. The minimum absolute atomic E-state index is 0.0950. The molecule has 0 amide bonds. The van der Waals surface area contributed by atoms with E-state index in [1.54, 1.807) is 18.4 Å². The number of nitrogens with one attached hydrogen (secondary N) is 1. The van der Waals surface area contributed by atoms with Crippen molar-refractivity contribution >= 4 is 43.2 Å². The monoisotopic (exact) mass is 390 g/mol. The van der Waals surface area contributed by atoms with Crippen LogP contribution < -0.4 is 16.0 Å². The SMILES string of the molecule is COc1cc(Br)ccc1C(NN)c1sccc1Br. The van der Waals surface area contributed by atoms with Crippen LogP contribution in [0.2, 0.25) is 0 Å². The molecule has 0 saturated carbocycles. The summed E-state index contributed by atoms with van der Waals surface area (Å²) in [5.74, 6) is 6.49. The summed E-state index contributed by atoms with van der Waals surface area (Å²) >= 11 is 8.61. The Balaban J connectivity index is 2.48. The van der Waals surface area contributed by atoms with Crippen molar-refractivity contribution in [2.24, 2.45) is 5.84 Å². The van der Waals surface area contributed by atoms with Crippen molar-refractivity contribution in [3.63, 3.8) is 0 Å². The zero-order valence-electron chi connectivity index (χ0n) is 9.61. The third-order valence-electron chi connectivity index (χ3n) is 2.58. The number of hydrazine groups is 1. The lowest BCUT2D eigenvalue weighted by molar-refractivity contribution is 0.404. The molecule has 1 heterocycles. The number of hydrogen-bond donors (Lipinski definition) is 2. The Morgan fingerprint density at radius 1 is 1.33 bits per heavy atom. The summed E-state index contributed by atoms with van der Waals surface area (Å²) in [6.07, 6.45) is 0. The van der Waals surface area contributed by atoms with E-state index in [-0.39, 0.29) is 6.04 Å². The van der Waals surface area contributed by atoms with Crippen LogP contribution in [0.15, 0.2) is 38.6 Å². The second kappa shape index (κ2) is 6.16. The Hall–Kier alpha value is -0.400. The molecule has 0 aliphatic rings. The van der Waals surface area contributed by atoms with Gasteiger partial charge in [0.15, 0.2) is 0 Å². The predicted molar refractivity (Wildman–Crippen MR) is 81.9 cm³/mol. The summed E-state index contributed by atoms with van der Waals surface area (Å²) in [5, 5.41) is 2.02. The molecular weight excluding hydrogens is 380 g/mol. The Bertz CT molecular complexity index is 545. The van der Waals surface area contributed by atoms with Crippen LogP contribution in [-0.2, 0) is 0 Å². The first-order valence-electron chi connectivity index (χ1n) is 5.19. The van der Waals surface area contributed by atoms with Crippen LogP contribution in [0, 0.1) is 0 Å². The maximum absolute atomic E-state index is 5.70. The van der Waals surface area contributed by atoms with Crippen LogP contribution in [0.3, 0.4) is 0 Å². The molecule has 2 aromatic rings. The van der Waals surface area contributed by atoms with Crippen molar-refractivity contribution in [1.82, 2.24) is 5.43 Å². The van der Waals surface area contributed by atoms with E-state index >= 15 is 0 Å². The summed E-state index contributed by atoms with van der Waals surface area (Å²) < 4.78 is 7.43. The molecule has 0 bridgehead atoms. The van der Waals surface area contributed by atoms with E-state index < -0.39 is 0 Å². The minimum atomic E-state index is -0.0950. The first kappa shape index (κ1) is 14.0. The fourth-order valence-corrected chi connectivity index (χ4v) is 3.76. The molecular formula is C12H12Br2N2OS. The topological polar surface area (TPSA) is 47.3 Å². The maximum Gasteiger partial charge on any atom is 0.125 e. The Morgan fingerprint density at radius 2 is 2.11 bits per heavy atom. The van der Waals surface area contributed by atoms with Gasteiger partial charge in [0.05, 0.1) is 13.2 Å². The summed E-state index contributed by atoms with van der Waals surface area (Å²) in [6, 6.07) is 7.82. The molecule has 96 valence electrons. The minimum Gasteiger partial charge on any atom is -0.496 e. The number of halogens is 2. The second-order valence-electron chi connectivity index (χ2n) is 3.62. The second-order valence-corrected chi connectivity index (χ2v) is 6.34. The van der Waals surface area contributed by atoms with E-state index in [4.69, 9.17) is 10.6 Å². The highest BCUT2D eigenvalue weighted by molar-refractivity contribution is 9.10. The number of thiophene rings is 1. The lowest BCUT2D eigenvalue weighted by atomic mass is 10.0. The van der Waals surface area contributed by atoms with Crippen LogP contribution in [0.4, 0.5) is 0 Å². The van der Waals surface area contributed by atoms with Crippen LogP contribution in [0.1, 0.15) is 16.5 Å². The van der Waals surface area contributed by atoms with Gasteiger partial charge in [-0.25, -0.2) is 5.43 Å². The van der Waals surface area contributed by atoms with E-state index in [9.17, 15) is 0 Å². The average Bonchev–Trinajstić information content (AvgIpc) is 2.78. The molecule has 0 fully saturated rings. The van der Waals surface area contributed by atoms with Crippen LogP contribution in [0.5, 0.6) is 5.75 Å². The molecule has 0 saturated heterocycles. The lowest BCUT2D eigenvalue weighted by Gasteiger charge is -2.18. The number of nitrogens with two attached hydrogens (primary N) is 1. The van der Waals surface area contributed by atoms with Crippen LogP contribution >= 0.6 is 43.2 Å². The van der Waals surface area contributed by atoms with E-state index in [1.165, 1.54) is 0 Å². The number of ether oxygens (including phenoxy) is 1. The molecule has 0 aliphatic carbocycles. The van der Waals surface area contributed by atoms with E-state index in [1.807, 2.05) is 29.6 Å². The maximum atomic E-state index is 5.70. The molecule has 3 nitrogen and oxygen atoms in total. The molecule has 3 N–H and O–H groups in total. The predicted octanol–water partition coefficient (Wildman–Crippen LogP) is 3.83. The smallest absolute Gasteiger partial charge is 0.125 e. The normalized spacial score (nSPS) is 12.4. The number of rotatable bonds is 4. The van der Waals surface area contributed by atoms with Crippen molar-refractivity contribution in [3.8, 4) is 5.75 Å². The van der Waals surface area contributed by atoms with Gasteiger partial charge in [-0.3, -0.25) is 5.84 Å². The quantitative estimate of drug-likeness (QED) is 0.614. The Kier molecular flexibility index (Phi) is 4.80. The molecule has 1 aromatic carbocycles. The molecule has 0 aliphatic heterocycles. The van der Waals surface area contributed by atoms with Crippen LogP contribution in [0.25, 0.3) is 0 Å². The largest absolute Gasteiger partial charge is 0.496 e. The van der Waals surface area contributed by atoms with Gasteiger partial charge < -0.3 is 4.74 Å². The van der Waals surface area contributed by atoms with Crippen molar-refractivity contribution < 1.29 is 4.74 Å². The highest BCUT2D eigenvalue weighted by atomic mass is 79.9. The Morgan fingerprint density at radius 3 is 2.67 bits per heavy atom. The molecule has 2 rings (SSSR count). The molecule has 6 heteroatoms.